The van der Waals surface area contributed by atoms with Crippen LogP contribution >= 0.6 is 12.2 Å². The SMILES string of the molecule is COC(=O)c1c(N=C=S)ccc(N)c1C. The average molecular weight is 222 g/mol. The highest BCUT2D eigenvalue weighted by atomic mass is 32.1. The summed E-state index contributed by atoms with van der Waals surface area (Å²) in [5.74, 6) is -0.483. The zero-order valence-corrected chi connectivity index (χ0v) is 9.22. The van der Waals surface area contributed by atoms with E-state index in [0.717, 1.165) is 0 Å². The number of aliphatic imine (C=N–C) groups is 1. The van der Waals surface area contributed by atoms with Crippen LogP contribution in [0, 0.1) is 6.92 Å². The third-order valence-electron chi connectivity index (χ3n) is 2.04. The standard InChI is InChI=1S/C10H10N2O2S/c1-6-7(11)3-4-8(12-5-15)9(6)10(13)14-2/h3-4H,11H2,1-2H3. The lowest BCUT2D eigenvalue weighted by Gasteiger charge is -2.08. The van der Waals surface area contributed by atoms with Crippen molar-refractivity contribution in [2.24, 2.45) is 4.99 Å². The van der Waals surface area contributed by atoms with Crippen LogP contribution in [0.15, 0.2) is 17.1 Å². The number of benzene rings is 1. The third kappa shape index (κ3) is 2.21. The third-order valence-corrected chi connectivity index (χ3v) is 2.13. The summed E-state index contributed by atoms with van der Waals surface area (Å²) in [7, 11) is 1.30. The number of isothiocyanates is 1. The highest BCUT2D eigenvalue weighted by Gasteiger charge is 2.16. The molecule has 78 valence electrons. The van der Waals surface area contributed by atoms with Crippen molar-refractivity contribution in [3.05, 3.63) is 23.3 Å². The summed E-state index contributed by atoms with van der Waals surface area (Å²) >= 11 is 4.49. The molecule has 0 fully saturated rings. The van der Waals surface area contributed by atoms with Gasteiger partial charge in [0, 0.05) is 5.69 Å². The Morgan fingerprint density at radius 2 is 2.27 bits per heavy atom. The van der Waals surface area contributed by atoms with Crippen LogP contribution in [0.5, 0.6) is 0 Å². The Morgan fingerprint density at radius 1 is 1.60 bits per heavy atom. The molecule has 0 saturated heterocycles. The van der Waals surface area contributed by atoms with Gasteiger partial charge in [0.1, 0.15) is 0 Å². The minimum absolute atomic E-state index is 0.329. The number of thiocarbonyl (C=S) groups is 1. The van der Waals surface area contributed by atoms with Crippen LogP contribution in [0.4, 0.5) is 11.4 Å². The lowest BCUT2D eigenvalue weighted by molar-refractivity contribution is 0.0601. The summed E-state index contributed by atoms with van der Waals surface area (Å²) in [6.45, 7) is 1.73. The largest absolute Gasteiger partial charge is 0.465 e. The molecule has 15 heavy (non-hydrogen) atoms. The van der Waals surface area contributed by atoms with Gasteiger partial charge in [-0.25, -0.2) is 4.79 Å². The number of anilines is 1. The van der Waals surface area contributed by atoms with E-state index in [-0.39, 0.29) is 0 Å². The highest BCUT2D eigenvalue weighted by Crippen LogP contribution is 2.27. The van der Waals surface area contributed by atoms with Crippen LogP contribution in [0.3, 0.4) is 0 Å². The van der Waals surface area contributed by atoms with E-state index in [4.69, 9.17) is 5.73 Å². The van der Waals surface area contributed by atoms with Crippen LogP contribution in [0.25, 0.3) is 0 Å². The van der Waals surface area contributed by atoms with E-state index in [1.54, 1.807) is 19.1 Å². The number of nitrogens with two attached hydrogens (primary N) is 1. The maximum absolute atomic E-state index is 11.5. The van der Waals surface area contributed by atoms with Crippen LogP contribution in [0.2, 0.25) is 0 Å². The first-order valence-corrected chi connectivity index (χ1v) is 4.58. The fourth-order valence-corrected chi connectivity index (χ4v) is 1.31. The quantitative estimate of drug-likeness (QED) is 0.360. The topological polar surface area (TPSA) is 64.7 Å². The van der Waals surface area contributed by atoms with Crippen molar-refractivity contribution in [1.29, 1.82) is 0 Å². The predicted molar refractivity (Wildman–Crippen MR) is 61.6 cm³/mol. The molecule has 2 N–H and O–H groups in total. The number of hydrogen-bond acceptors (Lipinski definition) is 5. The van der Waals surface area contributed by atoms with Crippen molar-refractivity contribution in [2.75, 3.05) is 12.8 Å². The van der Waals surface area contributed by atoms with E-state index in [0.29, 0.717) is 22.5 Å². The number of rotatable bonds is 2. The van der Waals surface area contributed by atoms with E-state index < -0.39 is 5.97 Å². The molecule has 0 aliphatic rings. The van der Waals surface area contributed by atoms with Crippen LogP contribution in [-0.4, -0.2) is 18.2 Å². The second-order valence-electron chi connectivity index (χ2n) is 2.87. The van der Waals surface area contributed by atoms with Gasteiger partial charge < -0.3 is 10.5 Å². The molecule has 1 rings (SSSR count). The van der Waals surface area contributed by atoms with E-state index in [1.165, 1.54) is 7.11 Å². The lowest BCUT2D eigenvalue weighted by Crippen LogP contribution is -2.06. The van der Waals surface area contributed by atoms with Gasteiger partial charge in [0.15, 0.2) is 0 Å². The molecule has 1 aromatic rings. The Kier molecular flexibility index (Phi) is 3.55. The molecule has 4 nitrogen and oxygen atoms in total. The summed E-state index contributed by atoms with van der Waals surface area (Å²) in [5.41, 5.74) is 7.58. The van der Waals surface area contributed by atoms with Gasteiger partial charge in [-0.15, -0.1) is 0 Å². The summed E-state index contributed by atoms with van der Waals surface area (Å²) in [6, 6.07) is 3.27. The van der Waals surface area contributed by atoms with Crippen molar-refractivity contribution in [1.82, 2.24) is 0 Å². The second kappa shape index (κ2) is 4.68. The molecule has 0 saturated carbocycles. The van der Waals surface area contributed by atoms with Crippen molar-refractivity contribution in [3.63, 3.8) is 0 Å². The van der Waals surface area contributed by atoms with Crippen LogP contribution < -0.4 is 5.73 Å². The molecule has 0 atom stereocenters. The Morgan fingerprint density at radius 3 is 2.80 bits per heavy atom. The minimum Gasteiger partial charge on any atom is -0.465 e. The molecule has 5 heteroatoms. The molecule has 0 amide bonds. The Labute approximate surface area is 92.8 Å². The molecule has 1 aromatic carbocycles. The maximum Gasteiger partial charge on any atom is 0.340 e. The van der Waals surface area contributed by atoms with Crippen LogP contribution in [0.1, 0.15) is 15.9 Å². The number of nitrogen functional groups attached to an aromatic ring is 1. The molecule has 0 spiro atoms. The number of ether oxygens (including phenoxy) is 1. The molecular weight excluding hydrogens is 212 g/mol. The summed E-state index contributed by atoms with van der Waals surface area (Å²) < 4.78 is 4.64. The van der Waals surface area contributed by atoms with Gasteiger partial charge >= 0.3 is 5.97 Å². The molecule has 0 bridgehead atoms. The summed E-state index contributed by atoms with van der Waals surface area (Å²) in [5, 5.41) is 2.21. The van der Waals surface area contributed by atoms with E-state index in [1.807, 2.05) is 0 Å². The predicted octanol–water partition coefficient (Wildman–Crippen LogP) is 2.10. The number of esters is 1. The van der Waals surface area contributed by atoms with E-state index in [9.17, 15) is 4.79 Å². The van der Waals surface area contributed by atoms with Gasteiger partial charge in [-0.2, -0.15) is 4.99 Å². The average Bonchev–Trinajstić information content (AvgIpc) is 2.23. The molecule has 0 heterocycles. The minimum atomic E-state index is -0.483. The number of hydrogen-bond donors (Lipinski definition) is 1. The monoisotopic (exact) mass is 222 g/mol. The fraction of sp³-hybridized carbons (Fsp3) is 0.200. The van der Waals surface area contributed by atoms with Crippen molar-refractivity contribution < 1.29 is 9.53 Å². The smallest absolute Gasteiger partial charge is 0.340 e. The normalized spacial score (nSPS) is 9.20. The number of carbonyl (C=O) groups is 1. The molecule has 0 radical (unpaired) electrons. The van der Waals surface area contributed by atoms with Gasteiger partial charge in [0.25, 0.3) is 0 Å². The highest BCUT2D eigenvalue weighted by molar-refractivity contribution is 7.78. The molecule has 0 aromatic heterocycles. The van der Waals surface area contributed by atoms with Crippen LogP contribution in [-0.2, 0) is 4.74 Å². The van der Waals surface area contributed by atoms with E-state index >= 15 is 0 Å². The van der Waals surface area contributed by atoms with Crippen molar-refractivity contribution >= 4 is 34.7 Å². The molecule has 0 aliphatic carbocycles. The Hall–Kier alpha value is -1.71. The first kappa shape index (κ1) is 11.4. The first-order chi connectivity index (χ1) is 7.11. The van der Waals surface area contributed by atoms with E-state index in [2.05, 4.69) is 27.1 Å². The second-order valence-corrected chi connectivity index (χ2v) is 3.05. The molecule has 0 aliphatic heterocycles. The molecular formula is C10H10N2O2S. The first-order valence-electron chi connectivity index (χ1n) is 4.17. The summed E-state index contributed by atoms with van der Waals surface area (Å²) in [6.07, 6.45) is 0. The Balaban J connectivity index is 3.47. The van der Waals surface area contributed by atoms with Gasteiger partial charge in [0.2, 0.25) is 0 Å². The maximum atomic E-state index is 11.5. The fourth-order valence-electron chi connectivity index (χ4n) is 1.22. The number of nitrogens with zero attached hydrogens (tertiary/aromatic N) is 1. The van der Waals surface area contributed by atoms with Gasteiger partial charge in [-0.05, 0) is 36.8 Å². The number of methoxy groups -OCH3 is 1. The lowest BCUT2D eigenvalue weighted by atomic mass is 10.0. The van der Waals surface area contributed by atoms with Gasteiger partial charge in [-0.3, -0.25) is 0 Å². The van der Waals surface area contributed by atoms with Gasteiger partial charge in [-0.1, -0.05) is 0 Å². The van der Waals surface area contributed by atoms with Gasteiger partial charge in [0.05, 0.1) is 23.5 Å². The number of carbonyl (C=O) groups excluding carboxylic acids is 1. The Bertz CT molecular complexity index is 451. The zero-order valence-electron chi connectivity index (χ0n) is 8.40. The zero-order chi connectivity index (χ0) is 11.4. The molecule has 0 unspecified atom stereocenters. The summed E-state index contributed by atoms with van der Waals surface area (Å²) in [4.78, 5) is 15.3. The van der Waals surface area contributed by atoms with Crippen molar-refractivity contribution in [3.8, 4) is 0 Å². The van der Waals surface area contributed by atoms with Crippen molar-refractivity contribution in [2.45, 2.75) is 6.92 Å².